The third-order valence-corrected chi connectivity index (χ3v) is 5.67. The molecular weight excluding hydrogens is 294 g/mol. The summed E-state index contributed by atoms with van der Waals surface area (Å²) in [5, 5.41) is 0. The third-order valence-electron chi connectivity index (χ3n) is 5.67. The van der Waals surface area contributed by atoms with Gasteiger partial charge in [0.1, 0.15) is 0 Å². The second-order valence-corrected chi connectivity index (χ2v) is 6.98. The predicted octanol–water partition coefficient (Wildman–Crippen LogP) is 0.709. The number of amides is 2. The van der Waals surface area contributed by atoms with Crippen molar-refractivity contribution >= 4 is 11.8 Å². The quantitative estimate of drug-likeness (QED) is 0.767. The summed E-state index contributed by atoms with van der Waals surface area (Å²) in [6.45, 7) is 8.21. The van der Waals surface area contributed by atoms with Gasteiger partial charge >= 0.3 is 0 Å². The maximum Gasteiger partial charge on any atom is 0.239 e. The summed E-state index contributed by atoms with van der Waals surface area (Å²) in [4.78, 5) is 31.0. The Morgan fingerprint density at radius 3 is 2.35 bits per heavy atom. The minimum Gasteiger partial charge on any atom is -0.378 e. The lowest BCUT2D eigenvalue weighted by molar-refractivity contribution is -0.141. The van der Waals surface area contributed by atoms with Crippen molar-refractivity contribution in [2.75, 3.05) is 39.4 Å². The van der Waals surface area contributed by atoms with E-state index in [-0.39, 0.29) is 23.9 Å². The first-order valence-corrected chi connectivity index (χ1v) is 8.99. The van der Waals surface area contributed by atoms with Crippen LogP contribution in [0.5, 0.6) is 0 Å². The van der Waals surface area contributed by atoms with Crippen LogP contribution in [-0.2, 0) is 14.3 Å². The summed E-state index contributed by atoms with van der Waals surface area (Å²) < 4.78 is 5.35. The highest BCUT2D eigenvalue weighted by Crippen LogP contribution is 2.31. The van der Waals surface area contributed by atoms with Gasteiger partial charge in [0.15, 0.2) is 0 Å². The highest BCUT2D eigenvalue weighted by Gasteiger charge is 2.42. The van der Waals surface area contributed by atoms with Crippen molar-refractivity contribution in [3.8, 4) is 0 Å². The molecule has 0 spiro atoms. The summed E-state index contributed by atoms with van der Waals surface area (Å²) in [6, 6.07) is 0.520. The molecule has 3 aliphatic heterocycles. The second-order valence-electron chi connectivity index (χ2n) is 6.98. The smallest absolute Gasteiger partial charge is 0.239 e. The first kappa shape index (κ1) is 16.7. The van der Waals surface area contributed by atoms with Crippen molar-refractivity contribution in [3.05, 3.63) is 0 Å². The van der Waals surface area contributed by atoms with Gasteiger partial charge < -0.3 is 14.5 Å². The molecule has 3 unspecified atom stereocenters. The molecule has 6 heteroatoms. The van der Waals surface area contributed by atoms with E-state index in [2.05, 4.69) is 4.90 Å². The van der Waals surface area contributed by atoms with Crippen LogP contribution in [0.25, 0.3) is 0 Å². The van der Waals surface area contributed by atoms with E-state index in [0.717, 1.165) is 38.8 Å². The molecule has 0 aliphatic carbocycles. The number of nitrogens with zero attached hydrogens (tertiary/aromatic N) is 3. The Balaban J connectivity index is 1.68. The van der Waals surface area contributed by atoms with E-state index >= 15 is 0 Å². The van der Waals surface area contributed by atoms with Crippen molar-refractivity contribution in [2.45, 2.75) is 57.7 Å². The van der Waals surface area contributed by atoms with Gasteiger partial charge in [-0.2, -0.15) is 0 Å². The van der Waals surface area contributed by atoms with Gasteiger partial charge in [0, 0.05) is 38.6 Å². The van der Waals surface area contributed by atoms with Gasteiger partial charge in [-0.3, -0.25) is 14.5 Å². The number of carbonyl (C=O) groups is 2. The second kappa shape index (κ2) is 7.18. The van der Waals surface area contributed by atoms with E-state index in [1.807, 2.05) is 16.7 Å². The standard InChI is InChI=1S/C17H29N3O3/c1-13(17(22)18-9-11-23-12-10-18)19-7-3-5-15(19)16-6-4-8-20(16)14(2)21/h13,15-16H,3-12H2,1-2H3. The molecule has 3 heterocycles. The minimum atomic E-state index is -0.102. The molecule has 3 rings (SSSR count). The minimum absolute atomic E-state index is 0.102. The number of ether oxygens (including phenoxy) is 1. The summed E-state index contributed by atoms with van der Waals surface area (Å²) in [5.74, 6) is 0.388. The Morgan fingerprint density at radius 2 is 1.65 bits per heavy atom. The van der Waals surface area contributed by atoms with Crippen LogP contribution < -0.4 is 0 Å². The monoisotopic (exact) mass is 323 g/mol. The third kappa shape index (κ3) is 3.38. The molecule has 0 saturated carbocycles. The van der Waals surface area contributed by atoms with E-state index in [9.17, 15) is 9.59 Å². The van der Waals surface area contributed by atoms with Crippen molar-refractivity contribution in [2.24, 2.45) is 0 Å². The Bertz CT molecular complexity index is 450. The summed E-state index contributed by atoms with van der Waals surface area (Å²) in [7, 11) is 0. The van der Waals surface area contributed by atoms with E-state index in [0.29, 0.717) is 32.3 Å². The van der Waals surface area contributed by atoms with Gasteiger partial charge in [-0.1, -0.05) is 0 Å². The zero-order valence-electron chi connectivity index (χ0n) is 14.4. The van der Waals surface area contributed by atoms with Crippen LogP contribution in [0.4, 0.5) is 0 Å². The molecule has 0 aromatic heterocycles. The summed E-state index contributed by atoms with van der Waals surface area (Å²) >= 11 is 0. The van der Waals surface area contributed by atoms with Gasteiger partial charge in [0.05, 0.1) is 19.3 Å². The van der Waals surface area contributed by atoms with Gasteiger partial charge in [-0.15, -0.1) is 0 Å². The first-order chi connectivity index (χ1) is 11.1. The normalized spacial score (nSPS) is 30.7. The number of rotatable bonds is 3. The first-order valence-electron chi connectivity index (χ1n) is 8.99. The van der Waals surface area contributed by atoms with E-state index < -0.39 is 0 Å². The summed E-state index contributed by atoms with van der Waals surface area (Å²) in [6.07, 6.45) is 4.36. The van der Waals surface area contributed by atoms with Crippen LogP contribution in [0.2, 0.25) is 0 Å². The lowest BCUT2D eigenvalue weighted by Crippen LogP contribution is -2.55. The zero-order chi connectivity index (χ0) is 16.4. The molecule has 130 valence electrons. The van der Waals surface area contributed by atoms with Gasteiger partial charge in [-0.05, 0) is 39.2 Å². The molecule has 3 fully saturated rings. The molecule has 0 bridgehead atoms. The van der Waals surface area contributed by atoms with Crippen LogP contribution >= 0.6 is 0 Å². The average Bonchev–Trinajstić information content (AvgIpc) is 3.22. The lowest BCUT2D eigenvalue weighted by Gasteiger charge is -2.39. The van der Waals surface area contributed by atoms with Gasteiger partial charge in [-0.25, -0.2) is 0 Å². The van der Waals surface area contributed by atoms with Gasteiger partial charge in [0.2, 0.25) is 11.8 Å². The van der Waals surface area contributed by atoms with Crippen LogP contribution in [-0.4, -0.2) is 84.0 Å². The molecule has 0 aromatic carbocycles. The molecule has 2 amide bonds. The van der Waals surface area contributed by atoms with Crippen LogP contribution in [0, 0.1) is 0 Å². The topological polar surface area (TPSA) is 53.1 Å². The lowest BCUT2D eigenvalue weighted by atomic mass is 10.0. The molecule has 3 aliphatic rings. The number of morpholine rings is 1. The highest BCUT2D eigenvalue weighted by molar-refractivity contribution is 5.81. The highest BCUT2D eigenvalue weighted by atomic mass is 16.5. The molecular formula is C17H29N3O3. The molecule has 3 atom stereocenters. The molecule has 0 radical (unpaired) electrons. The van der Waals surface area contributed by atoms with Crippen molar-refractivity contribution in [1.29, 1.82) is 0 Å². The Hall–Kier alpha value is -1.14. The Morgan fingerprint density at radius 1 is 1.00 bits per heavy atom. The van der Waals surface area contributed by atoms with Crippen molar-refractivity contribution in [3.63, 3.8) is 0 Å². The average molecular weight is 323 g/mol. The molecule has 23 heavy (non-hydrogen) atoms. The van der Waals surface area contributed by atoms with Crippen LogP contribution in [0.15, 0.2) is 0 Å². The maximum atomic E-state index is 12.8. The van der Waals surface area contributed by atoms with Crippen LogP contribution in [0.1, 0.15) is 39.5 Å². The molecule has 0 aromatic rings. The molecule has 3 saturated heterocycles. The van der Waals surface area contributed by atoms with Crippen molar-refractivity contribution in [1.82, 2.24) is 14.7 Å². The predicted molar refractivity (Wildman–Crippen MR) is 87.0 cm³/mol. The zero-order valence-corrected chi connectivity index (χ0v) is 14.4. The fourth-order valence-electron chi connectivity index (χ4n) is 4.48. The van der Waals surface area contributed by atoms with Gasteiger partial charge in [0.25, 0.3) is 0 Å². The van der Waals surface area contributed by atoms with E-state index in [1.165, 1.54) is 0 Å². The number of hydrogen-bond donors (Lipinski definition) is 0. The van der Waals surface area contributed by atoms with E-state index in [4.69, 9.17) is 4.74 Å². The number of likely N-dealkylation sites (tertiary alicyclic amines) is 2. The van der Waals surface area contributed by atoms with E-state index in [1.54, 1.807) is 6.92 Å². The fourth-order valence-corrected chi connectivity index (χ4v) is 4.48. The summed E-state index contributed by atoms with van der Waals surface area (Å²) in [5.41, 5.74) is 0. The maximum absolute atomic E-state index is 12.8. The Labute approximate surface area is 138 Å². The largest absolute Gasteiger partial charge is 0.378 e. The SMILES string of the molecule is CC(=O)N1CCCC1C1CCCN1C(C)C(=O)N1CCOCC1. The number of hydrogen-bond acceptors (Lipinski definition) is 4. The molecule has 0 N–H and O–H groups in total. The van der Waals surface area contributed by atoms with Crippen molar-refractivity contribution < 1.29 is 14.3 Å². The number of carbonyl (C=O) groups excluding carboxylic acids is 2. The fraction of sp³-hybridized carbons (Fsp3) is 0.882. The van der Waals surface area contributed by atoms with Crippen LogP contribution in [0.3, 0.4) is 0 Å². The molecule has 6 nitrogen and oxygen atoms in total. The Kier molecular flexibility index (Phi) is 5.21.